The molecule has 2 nitrogen and oxygen atoms in total. The van der Waals surface area contributed by atoms with Crippen molar-refractivity contribution in [3.8, 4) is 0 Å². The molecule has 0 aromatic heterocycles. The molecule has 0 saturated heterocycles. The van der Waals surface area contributed by atoms with Crippen LogP contribution >= 0.6 is 0 Å². The predicted octanol–water partition coefficient (Wildman–Crippen LogP) is 1.91. The average Bonchev–Trinajstić information content (AvgIpc) is 2.01. The summed E-state index contributed by atoms with van der Waals surface area (Å²) in [6, 6.07) is 0.316. The Morgan fingerprint density at radius 1 is 1.31 bits per heavy atom. The van der Waals surface area contributed by atoms with E-state index in [2.05, 4.69) is 20.8 Å². The lowest BCUT2D eigenvalue weighted by molar-refractivity contribution is -0.00465. The Morgan fingerprint density at radius 3 is 2.38 bits per heavy atom. The van der Waals surface area contributed by atoms with E-state index in [9.17, 15) is 5.11 Å². The molecule has 2 heteroatoms. The number of aliphatic hydroxyl groups is 1. The smallest absolute Gasteiger partial charge is 0.0617 e. The quantitative estimate of drug-likeness (QED) is 0.655. The van der Waals surface area contributed by atoms with E-state index in [1.807, 2.05) is 0 Å². The molecule has 1 aliphatic rings. The minimum Gasteiger partial charge on any atom is -0.392 e. The van der Waals surface area contributed by atoms with Crippen molar-refractivity contribution in [1.29, 1.82) is 0 Å². The zero-order valence-corrected chi connectivity index (χ0v) is 9.09. The summed E-state index contributed by atoms with van der Waals surface area (Å²) < 4.78 is 0. The largest absolute Gasteiger partial charge is 0.392 e. The van der Waals surface area contributed by atoms with Crippen LogP contribution in [0.5, 0.6) is 0 Å². The van der Waals surface area contributed by atoms with Crippen LogP contribution in [0.3, 0.4) is 0 Å². The van der Waals surface area contributed by atoms with Crippen LogP contribution in [0, 0.1) is 11.3 Å². The van der Waals surface area contributed by atoms with Gasteiger partial charge in [0.2, 0.25) is 0 Å². The first kappa shape index (κ1) is 11.0. The molecule has 0 heterocycles. The standard InChI is InChI=1S/C11H23NO/c1-11(2,3)10(13)8-5-4-6-9(12)7-8/h8-10,13H,4-7,12H2,1-3H3. The van der Waals surface area contributed by atoms with Crippen molar-refractivity contribution in [2.45, 2.75) is 58.6 Å². The molecule has 3 unspecified atom stereocenters. The lowest BCUT2D eigenvalue weighted by Crippen LogP contribution is -2.39. The summed E-state index contributed by atoms with van der Waals surface area (Å²) in [6.45, 7) is 6.29. The second-order valence-corrected chi connectivity index (χ2v) is 5.50. The molecular weight excluding hydrogens is 162 g/mol. The normalized spacial score (nSPS) is 33.0. The lowest BCUT2D eigenvalue weighted by atomic mass is 9.74. The highest BCUT2D eigenvalue weighted by molar-refractivity contribution is 4.85. The van der Waals surface area contributed by atoms with E-state index >= 15 is 0 Å². The summed E-state index contributed by atoms with van der Waals surface area (Å²) in [6.07, 6.45) is 4.26. The molecule has 1 saturated carbocycles. The zero-order chi connectivity index (χ0) is 10.1. The average molecular weight is 185 g/mol. The van der Waals surface area contributed by atoms with Gasteiger partial charge >= 0.3 is 0 Å². The molecule has 0 radical (unpaired) electrons. The van der Waals surface area contributed by atoms with Crippen LogP contribution in [0.25, 0.3) is 0 Å². The van der Waals surface area contributed by atoms with Gasteiger partial charge in [-0.25, -0.2) is 0 Å². The van der Waals surface area contributed by atoms with Crippen LogP contribution in [-0.2, 0) is 0 Å². The number of hydrogen-bond donors (Lipinski definition) is 2. The topological polar surface area (TPSA) is 46.2 Å². The van der Waals surface area contributed by atoms with Gasteiger partial charge < -0.3 is 10.8 Å². The highest BCUT2D eigenvalue weighted by atomic mass is 16.3. The van der Waals surface area contributed by atoms with Crippen molar-refractivity contribution >= 4 is 0 Å². The van der Waals surface area contributed by atoms with Gasteiger partial charge in [-0.2, -0.15) is 0 Å². The minimum absolute atomic E-state index is 0.00171. The van der Waals surface area contributed by atoms with Gasteiger partial charge in [0.15, 0.2) is 0 Å². The Labute approximate surface area is 81.5 Å². The van der Waals surface area contributed by atoms with E-state index in [4.69, 9.17) is 5.73 Å². The summed E-state index contributed by atoms with van der Waals surface area (Å²) in [4.78, 5) is 0. The monoisotopic (exact) mass is 185 g/mol. The summed E-state index contributed by atoms with van der Waals surface area (Å²) in [5.41, 5.74) is 5.90. The third-order valence-corrected chi connectivity index (χ3v) is 3.09. The van der Waals surface area contributed by atoms with Crippen molar-refractivity contribution in [3.63, 3.8) is 0 Å². The number of hydrogen-bond acceptors (Lipinski definition) is 2. The van der Waals surface area contributed by atoms with Crippen LogP contribution in [-0.4, -0.2) is 17.3 Å². The SMILES string of the molecule is CC(C)(C)C(O)C1CCCC(N)C1. The highest BCUT2D eigenvalue weighted by Gasteiger charge is 2.32. The first-order valence-electron chi connectivity index (χ1n) is 5.35. The van der Waals surface area contributed by atoms with Crippen molar-refractivity contribution < 1.29 is 5.11 Å². The van der Waals surface area contributed by atoms with Crippen molar-refractivity contribution in [1.82, 2.24) is 0 Å². The zero-order valence-electron chi connectivity index (χ0n) is 9.09. The van der Waals surface area contributed by atoms with Gasteiger partial charge in [-0.1, -0.05) is 27.2 Å². The lowest BCUT2D eigenvalue weighted by Gasteiger charge is -2.37. The van der Waals surface area contributed by atoms with Gasteiger partial charge in [0.1, 0.15) is 0 Å². The summed E-state index contributed by atoms with van der Waals surface area (Å²) in [5.74, 6) is 0.420. The van der Waals surface area contributed by atoms with E-state index in [1.165, 1.54) is 6.42 Å². The van der Waals surface area contributed by atoms with Gasteiger partial charge in [-0.05, 0) is 30.6 Å². The second kappa shape index (κ2) is 3.97. The number of aliphatic hydroxyl groups excluding tert-OH is 1. The molecule has 0 amide bonds. The van der Waals surface area contributed by atoms with Crippen molar-refractivity contribution in [2.75, 3.05) is 0 Å². The van der Waals surface area contributed by atoms with Gasteiger partial charge in [0.25, 0.3) is 0 Å². The van der Waals surface area contributed by atoms with Crippen molar-refractivity contribution in [2.24, 2.45) is 17.1 Å². The summed E-state index contributed by atoms with van der Waals surface area (Å²) >= 11 is 0. The molecular formula is C11H23NO. The molecule has 1 fully saturated rings. The van der Waals surface area contributed by atoms with E-state index in [-0.39, 0.29) is 11.5 Å². The van der Waals surface area contributed by atoms with Gasteiger partial charge in [0, 0.05) is 6.04 Å². The number of nitrogens with two attached hydrogens (primary N) is 1. The predicted molar refractivity (Wildman–Crippen MR) is 55.4 cm³/mol. The van der Waals surface area contributed by atoms with Crippen LogP contribution in [0.1, 0.15) is 46.5 Å². The van der Waals surface area contributed by atoms with E-state index < -0.39 is 0 Å². The molecule has 78 valence electrons. The first-order valence-corrected chi connectivity index (χ1v) is 5.35. The van der Waals surface area contributed by atoms with Crippen molar-refractivity contribution in [3.05, 3.63) is 0 Å². The molecule has 0 aromatic rings. The number of rotatable bonds is 1. The third-order valence-electron chi connectivity index (χ3n) is 3.09. The molecule has 3 N–H and O–H groups in total. The Balaban J connectivity index is 2.51. The third kappa shape index (κ3) is 2.96. The van der Waals surface area contributed by atoms with Crippen LogP contribution in [0.2, 0.25) is 0 Å². The second-order valence-electron chi connectivity index (χ2n) is 5.50. The molecule has 1 rings (SSSR count). The van der Waals surface area contributed by atoms with Crippen LogP contribution in [0.15, 0.2) is 0 Å². The first-order chi connectivity index (χ1) is 5.91. The minimum atomic E-state index is -0.196. The summed E-state index contributed by atoms with van der Waals surface area (Å²) in [7, 11) is 0. The molecule has 0 aromatic carbocycles. The maximum atomic E-state index is 10.1. The maximum Gasteiger partial charge on any atom is 0.0617 e. The van der Waals surface area contributed by atoms with Gasteiger partial charge in [-0.3, -0.25) is 0 Å². The fraction of sp³-hybridized carbons (Fsp3) is 1.00. The summed E-state index contributed by atoms with van der Waals surface area (Å²) in [5, 5.41) is 10.1. The van der Waals surface area contributed by atoms with E-state index in [0.29, 0.717) is 12.0 Å². The van der Waals surface area contributed by atoms with Gasteiger partial charge in [-0.15, -0.1) is 0 Å². The molecule has 0 aliphatic heterocycles. The molecule has 3 atom stereocenters. The molecule has 0 spiro atoms. The van der Waals surface area contributed by atoms with E-state index in [1.54, 1.807) is 0 Å². The highest BCUT2D eigenvalue weighted by Crippen LogP contribution is 2.34. The Bertz CT molecular complexity index is 162. The molecule has 0 bridgehead atoms. The molecule has 1 aliphatic carbocycles. The van der Waals surface area contributed by atoms with E-state index in [0.717, 1.165) is 19.3 Å². The van der Waals surface area contributed by atoms with Crippen LogP contribution in [0.4, 0.5) is 0 Å². The Kier molecular flexibility index (Phi) is 3.36. The fourth-order valence-electron chi connectivity index (χ4n) is 2.26. The Morgan fingerprint density at radius 2 is 1.92 bits per heavy atom. The molecule has 13 heavy (non-hydrogen) atoms. The van der Waals surface area contributed by atoms with Crippen LogP contribution < -0.4 is 5.73 Å². The Hall–Kier alpha value is -0.0800. The maximum absolute atomic E-state index is 10.1. The fourth-order valence-corrected chi connectivity index (χ4v) is 2.26. The van der Waals surface area contributed by atoms with Gasteiger partial charge in [0.05, 0.1) is 6.10 Å².